The molecule has 0 aromatic carbocycles. The molecule has 0 spiro atoms. The monoisotopic (exact) mass is 299 g/mol. The van der Waals surface area contributed by atoms with Crippen molar-refractivity contribution in [2.45, 2.75) is 46.1 Å². The SMILES string of the molecule is CC12CCC(C1)C(C)(C)C2Nc1nc(Cl)ncc1Cl. The Morgan fingerprint density at radius 1 is 1.32 bits per heavy atom. The lowest BCUT2D eigenvalue weighted by Crippen LogP contribution is -2.46. The molecule has 1 aromatic heterocycles. The summed E-state index contributed by atoms with van der Waals surface area (Å²) in [6.45, 7) is 7.06. The number of hydrogen-bond donors (Lipinski definition) is 1. The summed E-state index contributed by atoms with van der Waals surface area (Å²) < 4.78 is 0. The van der Waals surface area contributed by atoms with Gasteiger partial charge in [0.1, 0.15) is 10.8 Å². The van der Waals surface area contributed by atoms with E-state index in [1.807, 2.05) is 0 Å². The zero-order valence-electron chi connectivity index (χ0n) is 11.5. The fraction of sp³-hybridized carbons (Fsp3) is 0.714. The molecule has 1 aromatic rings. The number of nitrogens with one attached hydrogen (secondary N) is 1. The highest BCUT2D eigenvalue weighted by atomic mass is 35.5. The molecule has 0 radical (unpaired) electrons. The third kappa shape index (κ3) is 2.02. The highest BCUT2D eigenvalue weighted by Gasteiger charge is 2.59. The molecule has 2 aliphatic rings. The van der Waals surface area contributed by atoms with E-state index in [1.54, 1.807) is 6.20 Å². The molecule has 2 bridgehead atoms. The second-order valence-corrected chi connectivity index (χ2v) is 7.57. The van der Waals surface area contributed by atoms with E-state index in [2.05, 4.69) is 36.1 Å². The summed E-state index contributed by atoms with van der Waals surface area (Å²) in [5, 5.41) is 4.31. The van der Waals surface area contributed by atoms with Crippen molar-refractivity contribution in [3.63, 3.8) is 0 Å². The number of halogens is 2. The first-order chi connectivity index (χ1) is 8.83. The second kappa shape index (κ2) is 4.23. The van der Waals surface area contributed by atoms with E-state index < -0.39 is 0 Å². The van der Waals surface area contributed by atoms with Crippen molar-refractivity contribution < 1.29 is 0 Å². The number of hydrogen-bond acceptors (Lipinski definition) is 3. The fourth-order valence-electron chi connectivity index (χ4n) is 4.25. The average molecular weight is 300 g/mol. The van der Waals surface area contributed by atoms with Gasteiger partial charge in [-0.15, -0.1) is 0 Å². The molecular weight excluding hydrogens is 281 g/mol. The van der Waals surface area contributed by atoms with Gasteiger partial charge in [-0.1, -0.05) is 32.4 Å². The van der Waals surface area contributed by atoms with Gasteiger partial charge in [0.2, 0.25) is 5.28 Å². The maximum absolute atomic E-state index is 6.17. The molecule has 0 saturated heterocycles. The molecular formula is C14H19Cl2N3. The number of aromatic nitrogens is 2. The van der Waals surface area contributed by atoms with Crippen LogP contribution in [0.2, 0.25) is 10.3 Å². The smallest absolute Gasteiger partial charge is 0.224 e. The van der Waals surface area contributed by atoms with E-state index in [-0.39, 0.29) is 10.7 Å². The van der Waals surface area contributed by atoms with E-state index >= 15 is 0 Å². The molecule has 2 aliphatic carbocycles. The summed E-state index contributed by atoms with van der Waals surface area (Å²) in [6.07, 6.45) is 5.45. The van der Waals surface area contributed by atoms with Gasteiger partial charge in [0, 0.05) is 6.04 Å². The number of fused-ring (bicyclic) bond motifs is 2. The van der Waals surface area contributed by atoms with E-state index in [4.69, 9.17) is 23.2 Å². The molecule has 3 atom stereocenters. The van der Waals surface area contributed by atoms with Crippen molar-refractivity contribution in [2.24, 2.45) is 16.7 Å². The van der Waals surface area contributed by atoms with Crippen LogP contribution in [-0.2, 0) is 0 Å². The molecule has 104 valence electrons. The highest BCUT2D eigenvalue weighted by Crippen LogP contribution is 2.63. The molecule has 2 saturated carbocycles. The van der Waals surface area contributed by atoms with Gasteiger partial charge in [-0.3, -0.25) is 0 Å². The van der Waals surface area contributed by atoms with Crippen LogP contribution < -0.4 is 5.32 Å². The first-order valence-electron chi connectivity index (χ1n) is 6.77. The predicted octanol–water partition coefficient (Wildman–Crippen LogP) is 4.41. The summed E-state index contributed by atoms with van der Waals surface area (Å²) in [7, 11) is 0. The zero-order chi connectivity index (χ0) is 13.8. The van der Waals surface area contributed by atoms with Crippen molar-refractivity contribution in [1.29, 1.82) is 0 Å². The third-order valence-corrected chi connectivity index (χ3v) is 5.72. The van der Waals surface area contributed by atoms with Crippen LogP contribution in [0.4, 0.5) is 5.82 Å². The lowest BCUT2D eigenvalue weighted by molar-refractivity contribution is 0.155. The molecule has 0 amide bonds. The van der Waals surface area contributed by atoms with Crippen molar-refractivity contribution in [2.75, 3.05) is 5.32 Å². The Morgan fingerprint density at radius 2 is 2.05 bits per heavy atom. The molecule has 3 rings (SSSR count). The van der Waals surface area contributed by atoms with Gasteiger partial charge in [0.15, 0.2) is 0 Å². The molecule has 1 heterocycles. The maximum Gasteiger partial charge on any atom is 0.224 e. The van der Waals surface area contributed by atoms with E-state index in [0.29, 0.717) is 22.3 Å². The van der Waals surface area contributed by atoms with Crippen LogP contribution >= 0.6 is 23.2 Å². The minimum Gasteiger partial charge on any atom is -0.365 e. The first kappa shape index (κ1) is 13.4. The topological polar surface area (TPSA) is 37.8 Å². The lowest BCUT2D eigenvalue weighted by Gasteiger charge is -2.43. The van der Waals surface area contributed by atoms with Gasteiger partial charge in [0.25, 0.3) is 0 Å². The number of anilines is 1. The predicted molar refractivity (Wildman–Crippen MR) is 78.7 cm³/mol. The molecule has 19 heavy (non-hydrogen) atoms. The standard InChI is InChI=1S/C14H19Cl2N3/c1-13(2)8-4-5-14(3,6-8)11(13)18-10-9(15)7-17-12(16)19-10/h7-8,11H,4-6H2,1-3H3,(H,17,18,19). The molecule has 5 heteroatoms. The van der Waals surface area contributed by atoms with Gasteiger partial charge in [-0.2, -0.15) is 4.98 Å². The number of rotatable bonds is 2. The van der Waals surface area contributed by atoms with Crippen LogP contribution in [0.3, 0.4) is 0 Å². The Kier molecular flexibility index (Phi) is 2.99. The van der Waals surface area contributed by atoms with Crippen molar-refractivity contribution in [3.8, 4) is 0 Å². The normalized spacial score (nSPS) is 35.6. The van der Waals surface area contributed by atoms with Gasteiger partial charge >= 0.3 is 0 Å². The Bertz CT molecular complexity index is 513. The van der Waals surface area contributed by atoms with E-state index in [9.17, 15) is 0 Å². The molecule has 3 unspecified atom stereocenters. The van der Waals surface area contributed by atoms with Gasteiger partial charge < -0.3 is 5.32 Å². The van der Waals surface area contributed by atoms with Crippen LogP contribution in [0, 0.1) is 16.7 Å². The lowest BCUT2D eigenvalue weighted by atomic mass is 9.68. The third-order valence-electron chi connectivity index (χ3n) is 5.27. The van der Waals surface area contributed by atoms with Crippen LogP contribution in [0.15, 0.2) is 6.20 Å². The van der Waals surface area contributed by atoms with Crippen LogP contribution in [0.1, 0.15) is 40.0 Å². The Morgan fingerprint density at radius 3 is 2.68 bits per heavy atom. The Hall–Kier alpha value is -0.540. The summed E-state index contributed by atoms with van der Waals surface area (Å²) in [6, 6.07) is 0.377. The first-order valence-corrected chi connectivity index (χ1v) is 7.53. The van der Waals surface area contributed by atoms with Crippen molar-refractivity contribution >= 4 is 29.0 Å². The van der Waals surface area contributed by atoms with Gasteiger partial charge in [-0.05, 0) is 47.6 Å². The average Bonchev–Trinajstić information content (AvgIpc) is 2.80. The largest absolute Gasteiger partial charge is 0.365 e. The summed E-state index contributed by atoms with van der Waals surface area (Å²) in [5.41, 5.74) is 0.586. The molecule has 0 aliphatic heterocycles. The summed E-state index contributed by atoms with van der Waals surface area (Å²) in [4.78, 5) is 8.13. The van der Waals surface area contributed by atoms with Gasteiger partial charge in [-0.25, -0.2) is 4.98 Å². The molecule has 2 fully saturated rings. The van der Waals surface area contributed by atoms with Crippen LogP contribution in [0.5, 0.6) is 0 Å². The van der Waals surface area contributed by atoms with Crippen LogP contribution in [0.25, 0.3) is 0 Å². The van der Waals surface area contributed by atoms with Crippen molar-refractivity contribution in [3.05, 3.63) is 16.5 Å². The number of nitrogens with zero attached hydrogens (tertiary/aromatic N) is 2. The fourth-order valence-corrected chi connectivity index (χ4v) is 4.52. The van der Waals surface area contributed by atoms with Gasteiger partial charge in [0.05, 0.1) is 6.20 Å². The maximum atomic E-state index is 6.17. The second-order valence-electron chi connectivity index (χ2n) is 6.83. The minimum atomic E-state index is 0.234. The van der Waals surface area contributed by atoms with E-state index in [0.717, 1.165) is 5.92 Å². The molecule has 1 N–H and O–H groups in total. The minimum absolute atomic E-state index is 0.234. The highest BCUT2D eigenvalue weighted by molar-refractivity contribution is 6.33. The zero-order valence-corrected chi connectivity index (χ0v) is 13.0. The van der Waals surface area contributed by atoms with Crippen LogP contribution in [-0.4, -0.2) is 16.0 Å². The Balaban J connectivity index is 1.92. The Labute approximate surface area is 124 Å². The molecule has 3 nitrogen and oxygen atoms in total. The van der Waals surface area contributed by atoms with Crippen molar-refractivity contribution in [1.82, 2.24) is 9.97 Å². The van der Waals surface area contributed by atoms with E-state index in [1.165, 1.54) is 19.3 Å². The summed E-state index contributed by atoms with van der Waals surface area (Å²) in [5.74, 6) is 1.44. The quantitative estimate of drug-likeness (QED) is 0.822. The summed E-state index contributed by atoms with van der Waals surface area (Å²) >= 11 is 12.0.